The molecule has 1 spiro atoms. The quantitative estimate of drug-likeness (QED) is 0.663. The fraction of sp³-hybridized carbons (Fsp3) is 0.778. The van der Waals surface area contributed by atoms with Gasteiger partial charge < -0.3 is 19.7 Å². The van der Waals surface area contributed by atoms with E-state index in [0.29, 0.717) is 12.8 Å². The Morgan fingerprint density at radius 3 is 2.61 bits per heavy atom. The normalized spacial score (nSPS) is 51.7. The lowest BCUT2D eigenvalue weighted by Crippen LogP contribution is -2.67. The zero-order chi connectivity index (χ0) is 23.4. The Balaban J connectivity index is 1.46. The second kappa shape index (κ2) is 6.66. The number of carbonyl (C=O) groups excluding carboxylic acids is 2. The van der Waals surface area contributed by atoms with Gasteiger partial charge in [-0.25, -0.2) is 0 Å². The lowest BCUT2D eigenvalue weighted by molar-refractivity contribution is -0.248. The van der Waals surface area contributed by atoms with Gasteiger partial charge in [-0.05, 0) is 62.5 Å². The fourth-order valence-electron chi connectivity index (χ4n) is 9.31. The minimum absolute atomic E-state index is 0.0196. The Labute approximate surface area is 195 Å². The van der Waals surface area contributed by atoms with E-state index >= 15 is 0 Å². The van der Waals surface area contributed by atoms with Crippen molar-refractivity contribution in [3.05, 3.63) is 23.8 Å². The average molecular weight is 457 g/mol. The highest BCUT2D eigenvalue weighted by Gasteiger charge is 2.79. The van der Waals surface area contributed by atoms with E-state index in [1.807, 2.05) is 6.08 Å². The van der Waals surface area contributed by atoms with Gasteiger partial charge in [0.1, 0.15) is 6.61 Å². The summed E-state index contributed by atoms with van der Waals surface area (Å²) in [5, 5.41) is 21.9. The summed E-state index contributed by atoms with van der Waals surface area (Å²) in [5.41, 5.74) is -1.61. The zero-order valence-electron chi connectivity index (χ0n) is 19.9. The molecule has 2 N–H and O–H groups in total. The molecule has 6 heteroatoms. The number of hydrogen-bond acceptors (Lipinski definition) is 6. The summed E-state index contributed by atoms with van der Waals surface area (Å²) in [7, 11) is 0. The fourth-order valence-corrected chi connectivity index (χ4v) is 9.31. The topological polar surface area (TPSA) is 93.1 Å². The Kier molecular flexibility index (Phi) is 4.47. The lowest BCUT2D eigenvalue weighted by Gasteiger charge is -2.65. The largest absolute Gasteiger partial charge is 0.392 e. The number of ketones is 2. The third-order valence-corrected chi connectivity index (χ3v) is 11.2. The van der Waals surface area contributed by atoms with Gasteiger partial charge in [0.05, 0.1) is 12.2 Å². The number of ether oxygens (including phenoxy) is 2. The van der Waals surface area contributed by atoms with E-state index in [0.717, 1.165) is 44.1 Å². The first kappa shape index (κ1) is 22.1. The van der Waals surface area contributed by atoms with Gasteiger partial charge in [-0.2, -0.15) is 0 Å². The maximum atomic E-state index is 13.5. The van der Waals surface area contributed by atoms with Crippen LogP contribution in [0, 0.1) is 28.1 Å². The number of aliphatic hydroxyl groups excluding tert-OH is 2. The van der Waals surface area contributed by atoms with Crippen molar-refractivity contribution in [2.24, 2.45) is 28.1 Å². The van der Waals surface area contributed by atoms with E-state index in [2.05, 4.69) is 20.8 Å². The van der Waals surface area contributed by atoms with Crippen molar-refractivity contribution in [3.63, 3.8) is 0 Å². The average Bonchev–Trinajstić information content (AvgIpc) is 3.43. The maximum absolute atomic E-state index is 13.5. The van der Waals surface area contributed by atoms with Crippen LogP contribution in [0.25, 0.3) is 0 Å². The summed E-state index contributed by atoms with van der Waals surface area (Å²) in [6.07, 6.45) is 10.7. The molecule has 0 aromatic heterocycles. The molecule has 1 heterocycles. The van der Waals surface area contributed by atoms with Gasteiger partial charge in [0.15, 0.2) is 23.0 Å². The van der Waals surface area contributed by atoms with Gasteiger partial charge in [-0.1, -0.05) is 32.4 Å². The summed E-state index contributed by atoms with van der Waals surface area (Å²) < 4.78 is 13.3. The van der Waals surface area contributed by atoms with Crippen LogP contribution in [0.5, 0.6) is 0 Å². The van der Waals surface area contributed by atoms with Gasteiger partial charge >= 0.3 is 0 Å². The van der Waals surface area contributed by atoms with Crippen molar-refractivity contribution in [1.29, 1.82) is 0 Å². The standard InChI is InChI=1S/C27H36O6/c1-23-11-8-17(29)12-16(23)6-7-18-19-13-22-27(21(31)15-28,33-26(32-22)9-4-5-10-26)24(19,2)14-20(30)25(18,23)3/h8,11-12,18-20,22,28,30H,4-7,9-10,13-15H2,1-3H3/t18-,19?,20-,22+,23-,24-,25+,27+/m0/s1. The Morgan fingerprint density at radius 1 is 1.18 bits per heavy atom. The van der Waals surface area contributed by atoms with E-state index < -0.39 is 46.4 Å². The smallest absolute Gasteiger partial charge is 0.193 e. The van der Waals surface area contributed by atoms with E-state index in [1.165, 1.54) is 0 Å². The molecule has 4 saturated carbocycles. The molecule has 1 aliphatic heterocycles. The van der Waals surface area contributed by atoms with E-state index in [4.69, 9.17) is 9.47 Å². The van der Waals surface area contributed by atoms with Crippen molar-refractivity contribution in [3.8, 4) is 0 Å². The monoisotopic (exact) mass is 456 g/mol. The van der Waals surface area contributed by atoms with Crippen LogP contribution in [0.3, 0.4) is 0 Å². The molecule has 5 aliphatic carbocycles. The van der Waals surface area contributed by atoms with Gasteiger partial charge in [0.2, 0.25) is 0 Å². The summed E-state index contributed by atoms with van der Waals surface area (Å²) in [6, 6.07) is 0. The Bertz CT molecular complexity index is 977. The molecule has 6 nitrogen and oxygen atoms in total. The van der Waals surface area contributed by atoms with Crippen LogP contribution in [0.15, 0.2) is 23.8 Å². The molecule has 8 atom stereocenters. The van der Waals surface area contributed by atoms with Crippen LogP contribution in [-0.2, 0) is 19.1 Å². The molecule has 0 bridgehead atoms. The molecular formula is C27H36O6. The predicted molar refractivity (Wildman–Crippen MR) is 120 cm³/mol. The third-order valence-electron chi connectivity index (χ3n) is 11.2. The number of rotatable bonds is 2. The first-order chi connectivity index (χ1) is 15.6. The molecule has 33 heavy (non-hydrogen) atoms. The van der Waals surface area contributed by atoms with E-state index in [9.17, 15) is 19.8 Å². The van der Waals surface area contributed by atoms with Gasteiger partial charge in [-0.3, -0.25) is 9.59 Å². The molecule has 1 saturated heterocycles. The Morgan fingerprint density at radius 2 is 1.91 bits per heavy atom. The van der Waals surface area contributed by atoms with Gasteiger partial charge in [0, 0.05) is 29.1 Å². The second-order valence-electron chi connectivity index (χ2n) is 12.2. The van der Waals surface area contributed by atoms with Crippen molar-refractivity contribution in [1.82, 2.24) is 0 Å². The molecule has 180 valence electrons. The molecule has 6 rings (SSSR count). The summed E-state index contributed by atoms with van der Waals surface area (Å²) >= 11 is 0. The second-order valence-corrected chi connectivity index (χ2v) is 12.2. The highest BCUT2D eigenvalue weighted by Crippen LogP contribution is 2.74. The van der Waals surface area contributed by atoms with Crippen molar-refractivity contribution in [2.45, 2.75) is 95.7 Å². The van der Waals surface area contributed by atoms with Crippen molar-refractivity contribution < 1.29 is 29.3 Å². The highest BCUT2D eigenvalue weighted by atomic mass is 16.8. The van der Waals surface area contributed by atoms with E-state index in [1.54, 1.807) is 12.2 Å². The van der Waals surface area contributed by atoms with Gasteiger partial charge in [0.25, 0.3) is 0 Å². The lowest BCUT2D eigenvalue weighted by atomic mass is 9.39. The first-order valence-corrected chi connectivity index (χ1v) is 12.7. The molecule has 0 aromatic rings. The molecule has 6 aliphatic rings. The van der Waals surface area contributed by atoms with Crippen LogP contribution < -0.4 is 0 Å². The van der Waals surface area contributed by atoms with Crippen LogP contribution in [-0.4, -0.2) is 52.0 Å². The molecule has 0 amide bonds. The van der Waals surface area contributed by atoms with Crippen LogP contribution in [0.1, 0.15) is 72.1 Å². The SMILES string of the molecule is C[C@]12[C@@H](O)C[C@@]3(C)C(C[C@H]4OC5(CCCC5)O[C@]43C(=O)CO)[C@@H]1CCC1=CC(=O)C=C[C@@]12C. The highest BCUT2D eigenvalue weighted by molar-refractivity contribution is 6.01. The minimum Gasteiger partial charge on any atom is -0.392 e. The number of carbonyl (C=O) groups is 2. The Hall–Kier alpha value is -1.34. The first-order valence-electron chi connectivity index (χ1n) is 12.7. The van der Waals surface area contributed by atoms with Crippen LogP contribution >= 0.6 is 0 Å². The molecule has 0 radical (unpaired) electrons. The van der Waals surface area contributed by atoms with Crippen molar-refractivity contribution in [2.75, 3.05) is 6.61 Å². The number of hydrogen-bond donors (Lipinski definition) is 2. The third kappa shape index (κ3) is 2.39. The predicted octanol–water partition coefficient (Wildman–Crippen LogP) is 3.25. The van der Waals surface area contributed by atoms with Crippen LogP contribution in [0.4, 0.5) is 0 Å². The van der Waals surface area contributed by atoms with Gasteiger partial charge in [-0.15, -0.1) is 0 Å². The van der Waals surface area contributed by atoms with Crippen LogP contribution in [0.2, 0.25) is 0 Å². The number of allylic oxidation sites excluding steroid dienone is 4. The minimum atomic E-state index is -1.21. The zero-order valence-corrected chi connectivity index (χ0v) is 19.9. The number of aliphatic hydroxyl groups is 2. The maximum Gasteiger partial charge on any atom is 0.193 e. The summed E-state index contributed by atoms with van der Waals surface area (Å²) in [5.74, 6) is -0.744. The molecule has 1 unspecified atom stereocenters. The summed E-state index contributed by atoms with van der Waals surface area (Å²) in [4.78, 5) is 25.6. The number of fused-ring (bicyclic) bond motifs is 7. The molecule has 5 fully saturated rings. The molecule has 0 aromatic carbocycles. The molecular weight excluding hydrogens is 420 g/mol. The summed E-state index contributed by atoms with van der Waals surface area (Å²) in [6.45, 7) is 5.85. The van der Waals surface area contributed by atoms with Crippen molar-refractivity contribution >= 4 is 11.6 Å². The number of Topliss-reactive ketones (excluding diaryl/α,β-unsaturated/α-hetero) is 1. The van der Waals surface area contributed by atoms with E-state index in [-0.39, 0.29) is 23.4 Å².